The fourth-order valence-corrected chi connectivity index (χ4v) is 4.35. The maximum atomic E-state index is 13.5. The van der Waals surface area contributed by atoms with Gasteiger partial charge in [0.1, 0.15) is 5.82 Å². The number of hydrogen-bond acceptors (Lipinski definition) is 1. The Morgan fingerprint density at radius 2 is 1.61 bits per heavy atom. The third-order valence-electron chi connectivity index (χ3n) is 6.06. The summed E-state index contributed by atoms with van der Waals surface area (Å²) in [7, 11) is 0. The number of halogens is 1. The number of likely N-dealkylation sites (N-methyl/N-ethyl adjacent to an activating group) is 1. The van der Waals surface area contributed by atoms with Crippen LogP contribution in [0.1, 0.15) is 51.2 Å². The van der Waals surface area contributed by atoms with Crippen LogP contribution in [0.15, 0.2) is 12.1 Å². The van der Waals surface area contributed by atoms with E-state index in [9.17, 15) is 9.18 Å². The summed E-state index contributed by atoms with van der Waals surface area (Å²) >= 11 is 0. The molecule has 1 aliphatic rings. The number of aryl methyl sites for hydroxylation is 2. The molecule has 1 aromatic carbocycles. The second kappa shape index (κ2) is 6.60. The smallest absolute Gasteiger partial charge is 0.285 e. The lowest BCUT2D eigenvalue weighted by Crippen LogP contribution is -2.72. The average Bonchev–Trinajstić information content (AvgIpc) is 2.46. The van der Waals surface area contributed by atoms with Crippen LogP contribution in [0.5, 0.6) is 0 Å². The summed E-state index contributed by atoms with van der Waals surface area (Å²) in [5.74, 6) is -0.149. The molecule has 2 rings (SSSR count). The van der Waals surface area contributed by atoms with E-state index in [1.807, 2.05) is 13.8 Å². The number of carbonyl (C=O) groups is 1. The van der Waals surface area contributed by atoms with Crippen molar-refractivity contribution < 1.29 is 13.7 Å². The predicted octanol–water partition coefficient (Wildman–Crippen LogP) is 4.18. The Balaban J connectivity index is 2.35. The summed E-state index contributed by atoms with van der Waals surface area (Å²) in [6.45, 7) is 13.1. The maximum absolute atomic E-state index is 13.5. The van der Waals surface area contributed by atoms with Gasteiger partial charge in [0.05, 0.1) is 19.6 Å². The van der Waals surface area contributed by atoms with Crippen LogP contribution in [0.4, 0.5) is 10.1 Å². The van der Waals surface area contributed by atoms with Crippen molar-refractivity contribution in [3.05, 3.63) is 29.1 Å². The van der Waals surface area contributed by atoms with E-state index in [4.69, 9.17) is 0 Å². The average molecular weight is 321 g/mol. The number of nitrogens with one attached hydrogen (secondary N) is 1. The monoisotopic (exact) mass is 321 g/mol. The highest BCUT2D eigenvalue weighted by Crippen LogP contribution is 2.44. The fourth-order valence-electron chi connectivity index (χ4n) is 4.35. The number of benzene rings is 1. The van der Waals surface area contributed by atoms with Crippen molar-refractivity contribution in [1.82, 2.24) is 0 Å². The van der Waals surface area contributed by atoms with Crippen LogP contribution in [0.2, 0.25) is 0 Å². The first-order chi connectivity index (χ1) is 10.9. The Morgan fingerprint density at radius 1 is 1.13 bits per heavy atom. The van der Waals surface area contributed by atoms with Gasteiger partial charge in [0.2, 0.25) is 0 Å². The van der Waals surface area contributed by atoms with Gasteiger partial charge in [-0.3, -0.25) is 4.79 Å². The van der Waals surface area contributed by atoms with E-state index in [0.29, 0.717) is 0 Å². The van der Waals surface area contributed by atoms with Crippen LogP contribution in [-0.4, -0.2) is 35.6 Å². The first kappa shape index (κ1) is 17.9. The standard InChI is InChI=1S/C19H29FN2O/c1-6-22(7-2,8-3)19(10-9-11-19)18(23)21-17-14(4)12-16(20)13-15(17)5/h12-13H,6-11H2,1-5H3/p+1. The number of amides is 1. The number of quaternary nitrogens is 1. The van der Waals surface area contributed by atoms with Crippen molar-refractivity contribution >= 4 is 11.6 Å². The van der Waals surface area contributed by atoms with Crippen LogP contribution >= 0.6 is 0 Å². The molecule has 1 fully saturated rings. The predicted molar refractivity (Wildman–Crippen MR) is 93.0 cm³/mol. The van der Waals surface area contributed by atoms with Gasteiger partial charge in [0.15, 0.2) is 5.54 Å². The fraction of sp³-hybridized carbons (Fsp3) is 0.632. The quantitative estimate of drug-likeness (QED) is 0.783. The number of rotatable bonds is 6. The lowest BCUT2D eigenvalue weighted by Gasteiger charge is -2.55. The summed E-state index contributed by atoms with van der Waals surface area (Å²) in [5, 5.41) is 3.14. The van der Waals surface area contributed by atoms with Crippen LogP contribution in [0, 0.1) is 19.7 Å². The van der Waals surface area contributed by atoms with Crippen molar-refractivity contribution in [3.63, 3.8) is 0 Å². The molecule has 1 N–H and O–H groups in total. The minimum atomic E-state index is -0.328. The Bertz CT molecular complexity index is 558. The van der Waals surface area contributed by atoms with Crippen molar-refractivity contribution in [2.45, 2.75) is 59.4 Å². The molecule has 0 bridgehead atoms. The van der Waals surface area contributed by atoms with E-state index in [-0.39, 0.29) is 17.3 Å². The number of hydrogen-bond donors (Lipinski definition) is 1. The number of nitrogens with zero attached hydrogens (tertiary/aromatic N) is 1. The Hall–Kier alpha value is -1.42. The Morgan fingerprint density at radius 3 is 1.96 bits per heavy atom. The molecule has 23 heavy (non-hydrogen) atoms. The molecule has 1 saturated carbocycles. The summed E-state index contributed by atoms with van der Waals surface area (Å²) in [5.41, 5.74) is 2.01. The summed E-state index contributed by atoms with van der Waals surface area (Å²) in [6, 6.07) is 2.97. The largest absolute Gasteiger partial charge is 0.320 e. The molecule has 128 valence electrons. The van der Waals surface area contributed by atoms with Gasteiger partial charge in [-0.25, -0.2) is 4.39 Å². The Labute approximate surface area is 139 Å². The molecule has 1 aromatic rings. The molecule has 0 radical (unpaired) electrons. The minimum absolute atomic E-state index is 0.104. The van der Waals surface area contributed by atoms with Crippen LogP contribution < -0.4 is 5.32 Å². The van der Waals surface area contributed by atoms with E-state index in [1.165, 1.54) is 12.1 Å². The second-order valence-corrected chi connectivity index (χ2v) is 6.85. The van der Waals surface area contributed by atoms with Gasteiger partial charge in [-0.05, 0) is 64.3 Å². The topological polar surface area (TPSA) is 29.1 Å². The van der Waals surface area contributed by atoms with Crippen molar-refractivity contribution in [3.8, 4) is 0 Å². The number of anilines is 1. The van der Waals surface area contributed by atoms with E-state index in [0.717, 1.165) is 60.2 Å². The highest BCUT2D eigenvalue weighted by atomic mass is 19.1. The first-order valence-corrected chi connectivity index (χ1v) is 8.80. The summed E-state index contributed by atoms with van der Waals surface area (Å²) in [6.07, 6.45) is 2.98. The van der Waals surface area contributed by atoms with E-state index in [2.05, 4.69) is 26.1 Å². The van der Waals surface area contributed by atoms with Gasteiger partial charge in [-0.15, -0.1) is 0 Å². The van der Waals surface area contributed by atoms with Gasteiger partial charge in [0.25, 0.3) is 5.91 Å². The first-order valence-electron chi connectivity index (χ1n) is 8.80. The van der Waals surface area contributed by atoms with Gasteiger partial charge in [-0.2, -0.15) is 0 Å². The summed E-state index contributed by atoms with van der Waals surface area (Å²) < 4.78 is 14.3. The third kappa shape index (κ3) is 2.78. The van der Waals surface area contributed by atoms with E-state index >= 15 is 0 Å². The van der Waals surface area contributed by atoms with Gasteiger partial charge >= 0.3 is 0 Å². The molecular formula is C19H30FN2O+. The highest BCUT2D eigenvalue weighted by Gasteiger charge is 2.58. The highest BCUT2D eigenvalue weighted by molar-refractivity contribution is 5.99. The molecule has 1 amide bonds. The van der Waals surface area contributed by atoms with E-state index in [1.54, 1.807) is 0 Å². The zero-order valence-electron chi connectivity index (χ0n) is 15.1. The molecule has 4 heteroatoms. The normalized spacial score (nSPS) is 16.8. The third-order valence-corrected chi connectivity index (χ3v) is 6.06. The molecular weight excluding hydrogens is 291 g/mol. The van der Waals surface area contributed by atoms with Crippen LogP contribution in [0.3, 0.4) is 0 Å². The van der Waals surface area contributed by atoms with Gasteiger partial charge < -0.3 is 9.80 Å². The molecule has 0 aromatic heterocycles. The second-order valence-electron chi connectivity index (χ2n) is 6.85. The van der Waals surface area contributed by atoms with Crippen LogP contribution in [-0.2, 0) is 4.79 Å². The molecule has 0 saturated heterocycles. The van der Waals surface area contributed by atoms with E-state index < -0.39 is 0 Å². The van der Waals surface area contributed by atoms with Crippen LogP contribution in [0.25, 0.3) is 0 Å². The maximum Gasteiger partial charge on any atom is 0.285 e. The zero-order chi connectivity index (χ0) is 17.3. The van der Waals surface area contributed by atoms with Crippen molar-refractivity contribution in [2.75, 3.05) is 25.0 Å². The number of carbonyl (C=O) groups excluding carboxylic acids is 1. The lowest BCUT2D eigenvalue weighted by molar-refractivity contribution is -0.967. The molecule has 0 heterocycles. The lowest BCUT2D eigenvalue weighted by atomic mass is 9.72. The van der Waals surface area contributed by atoms with Crippen molar-refractivity contribution in [2.24, 2.45) is 0 Å². The molecule has 3 nitrogen and oxygen atoms in total. The SMILES string of the molecule is CC[N+](CC)(CC)C1(C(=O)Nc2c(C)cc(F)cc2C)CCC1. The minimum Gasteiger partial charge on any atom is -0.320 e. The van der Waals surface area contributed by atoms with Crippen molar-refractivity contribution in [1.29, 1.82) is 0 Å². The summed E-state index contributed by atoms with van der Waals surface area (Å²) in [4.78, 5) is 13.2. The van der Waals surface area contributed by atoms with Gasteiger partial charge in [0, 0.05) is 18.5 Å². The zero-order valence-corrected chi connectivity index (χ0v) is 15.1. The molecule has 0 atom stereocenters. The molecule has 0 aliphatic heterocycles. The Kier molecular flexibility index (Phi) is 5.14. The molecule has 0 unspecified atom stereocenters. The molecule has 1 aliphatic carbocycles. The van der Waals surface area contributed by atoms with Gasteiger partial charge in [-0.1, -0.05) is 0 Å². The molecule has 0 spiro atoms.